The van der Waals surface area contributed by atoms with E-state index < -0.39 is 0 Å². The SMILES string of the molecule is O=C(c1ccccn1)N1CC[C@H]2[C@@H](C1)[C@H](c1ccc(F)cc1)CN2C(=O)c1ccccc1. The Balaban J connectivity index is 1.44. The minimum Gasteiger partial charge on any atom is -0.337 e. The van der Waals surface area contributed by atoms with Crippen LogP contribution in [0.1, 0.15) is 38.7 Å². The molecule has 2 aliphatic rings. The summed E-state index contributed by atoms with van der Waals surface area (Å²) in [4.78, 5) is 34.4. The fourth-order valence-corrected chi connectivity index (χ4v) is 5.11. The molecule has 3 heterocycles. The molecule has 0 unspecified atom stereocenters. The number of aromatic nitrogens is 1. The highest BCUT2D eigenvalue weighted by Crippen LogP contribution is 2.42. The van der Waals surface area contributed by atoms with Crippen LogP contribution in [0.5, 0.6) is 0 Å². The van der Waals surface area contributed by atoms with Gasteiger partial charge in [0.05, 0.1) is 0 Å². The van der Waals surface area contributed by atoms with Crippen molar-refractivity contribution < 1.29 is 14.0 Å². The zero-order chi connectivity index (χ0) is 22.1. The summed E-state index contributed by atoms with van der Waals surface area (Å²) in [6, 6.07) is 21.2. The molecule has 6 heteroatoms. The molecule has 2 saturated heterocycles. The van der Waals surface area contributed by atoms with E-state index in [-0.39, 0.29) is 35.5 Å². The molecule has 0 aliphatic carbocycles. The summed E-state index contributed by atoms with van der Waals surface area (Å²) in [5.74, 6) is -0.247. The zero-order valence-corrected chi connectivity index (χ0v) is 17.6. The van der Waals surface area contributed by atoms with Gasteiger partial charge >= 0.3 is 0 Å². The van der Waals surface area contributed by atoms with E-state index in [0.717, 1.165) is 5.56 Å². The Bertz CT molecular complexity index is 1100. The molecule has 0 bridgehead atoms. The van der Waals surface area contributed by atoms with E-state index in [1.165, 1.54) is 12.1 Å². The van der Waals surface area contributed by atoms with Crippen LogP contribution >= 0.6 is 0 Å². The van der Waals surface area contributed by atoms with E-state index >= 15 is 0 Å². The normalized spacial score (nSPS) is 22.5. The number of halogens is 1. The van der Waals surface area contributed by atoms with Crippen LogP contribution in [0.2, 0.25) is 0 Å². The Morgan fingerprint density at radius 1 is 0.875 bits per heavy atom. The van der Waals surface area contributed by atoms with Gasteiger partial charge in [0, 0.05) is 49.3 Å². The Hall–Kier alpha value is -3.54. The molecule has 1 aromatic heterocycles. The molecule has 0 N–H and O–H groups in total. The number of carbonyl (C=O) groups is 2. The van der Waals surface area contributed by atoms with Gasteiger partial charge in [-0.2, -0.15) is 0 Å². The van der Waals surface area contributed by atoms with Crippen LogP contribution < -0.4 is 0 Å². The standard InChI is InChI=1S/C26H24FN3O2/c27-20-11-9-18(10-12-20)21-17-30(25(31)19-6-2-1-3-7-19)24-13-15-29(16-22(21)24)26(32)23-8-4-5-14-28-23/h1-12,14,21-22,24H,13,15-17H2/t21-,22-,24-/m0/s1. The Morgan fingerprint density at radius 2 is 1.62 bits per heavy atom. The monoisotopic (exact) mass is 429 g/mol. The van der Waals surface area contributed by atoms with Crippen LogP contribution in [0.15, 0.2) is 79.0 Å². The van der Waals surface area contributed by atoms with Crippen LogP contribution in [0.4, 0.5) is 4.39 Å². The minimum atomic E-state index is -0.281. The number of piperidine rings is 1. The third-order valence-corrected chi connectivity index (χ3v) is 6.68. The van der Waals surface area contributed by atoms with Crippen molar-refractivity contribution in [2.45, 2.75) is 18.4 Å². The third-order valence-electron chi connectivity index (χ3n) is 6.68. The number of hydrogen-bond acceptors (Lipinski definition) is 3. The van der Waals surface area contributed by atoms with Crippen LogP contribution in [0.25, 0.3) is 0 Å². The second kappa shape index (κ2) is 8.54. The fourth-order valence-electron chi connectivity index (χ4n) is 5.11. The second-order valence-electron chi connectivity index (χ2n) is 8.47. The summed E-state index contributed by atoms with van der Waals surface area (Å²) >= 11 is 0. The molecule has 5 rings (SSSR count). The van der Waals surface area contributed by atoms with Crippen molar-refractivity contribution in [3.05, 3.63) is 102 Å². The highest BCUT2D eigenvalue weighted by molar-refractivity contribution is 5.95. The number of pyridine rings is 1. The molecule has 5 nitrogen and oxygen atoms in total. The predicted molar refractivity (Wildman–Crippen MR) is 119 cm³/mol. The molecule has 2 aromatic carbocycles. The van der Waals surface area contributed by atoms with Crippen LogP contribution in [0, 0.1) is 11.7 Å². The first-order valence-electron chi connectivity index (χ1n) is 10.9. The van der Waals surface area contributed by atoms with Gasteiger partial charge in [-0.1, -0.05) is 36.4 Å². The molecule has 2 amide bonds. The van der Waals surface area contributed by atoms with Crippen molar-refractivity contribution in [1.29, 1.82) is 0 Å². The Kier molecular flexibility index (Phi) is 5.43. The van der Waals surface area contributed by atoms with Gasteiger partial charge in [0.1, 0.15) is 11.5 Å². The molecular formula is C26H24FN3O2. The molecule has 0 spiro atoms. The van der Waals surface area contributed by atoms with Crippen molar-refractivity contribution >= 4 is 11.8 Å². The maximum absolute atomic E-state index is 13.6. The van der Waals surface area contributed by atoms with Crippen molar-refractivity contribution in [3.63, 3.8) is 0 Å². The number of nitrogens with zero attached hydrogens (tertiary/aromatic N) is 3. The predicted octanol–water partition coefficient (Wildman–Crippen LogP) is 3.99. The van der Waals surface area contributed by atoms with E-state index in [1.54, 1.807) is 30.5 Å². The van der Waals surface area contributed by atoms with Crippen molar-refractivity contribution in [2.24, 2.45) is 5.92 Å². The first kappa shape index (κ1) is 20.4. The van der Waals surface area contributed by atoms with Gasteiger partial charge in [0.15, 0.2) is 0 Å². The van der Waals surface area contributed by atoms with Gasteiger partial charge in [0.2, 0.25) is 0 Å². The third kappa shape index (κ3) is 3.77. The maximum Gasteiger partial charge on any atom is 0.272 e. The summed E-state index contributed by atoms with van der Waals surface area (Å²) in [6.07, 6.45) is 2.33. The summed E-state index contributed by atoms with van der Waals surface area (Å²) in [5.41, 5.74) is 2.09. The molecule has 0 saturated carbocycles. The lowest BCUT2D eigenvalue weighted by Gasteiger charge is -2.39. The van der Waals surface area contributed by atoms with Gasteiger partial charge < -0.3 is 9.80 Å². The summed E-state index contributed by atoms with van der Waals surface area (Å²) in [6.45, 7) is 1.67. The van der Waals surface area contributed by atoms with Crippen LogP contribution in [-0.2, 0) is 0 Å². The zero-order valence-electron chi connectivity index (χ0n) is 17.6. The number of amides is 2. The number of likely N-dealkylation sites (tertiary alicyclic amines) is 2. The van der Waals surface area contributed by atoms with E-state index in [1.807, 2.05) is 46.2 Å². The summed E-state index contributed by atoms with van der Waals surface area (Å²) in [7, 11) is 0. The molecular weight excluding hydrogens is 405 g/mol. The molecule has 32 heavy (non-hydrogen) atoms. The number of benzene rings is 2. The lowest BCUT2D eigenvalue weighted by molar-refractivity contribution is 0.0530. The Morgan fingerprint density at radius 3 is 2.34 bits per heavy atom. The van der Waals surface area contributed by atoms with E-state index in [4.69, 9.17) is 0 Å². The highest BCUT2D eigenvalue weighted by atomic mass is 19.1. The van der Waals surface area contributed by atoms with Gasteiger partial charge in [-0.3, -0.25) is 14.6 Å². The maximum atomic E-state index is 13.6. The molecule has 2 aliphatic heterocycles. The van der Waals surface area contributed by atoms with Crippen molar-refractivity contribution in [3.8, 4) is 0 Å². The minimum absolute atomic E-state index is 0.00899. The quantitative estimate of drug-likeness (QED) is 0.633. The fraction of sp³-hybridized carbons (Fsp3) is 0.269. The molecule has 0 radical (unpaired) electrons. The summed E-state index contributed by atoms with van der Waals surface area (Å²) in [5, 5.41) is 0. The van der Waals surface area contributed by atoms with Crippen molar-refractivity contribution in [2.75, 3.05) is 19.6 Å². The van der Waals surface area contributed by atoms with E-state index in [0.29, 0.717) is 37.3 Å². The topological polar surface area (TPSA) is 53.5 Å². The van der Waals surface area contributed by atoms with Crippen LogP contribution in [-0.4, -0.2) is 52.3 Å². The van der Waals surface area contributed by atoms with Gasteiger partial charge in [-0.05, 0) is 48.4 Å². The van der Waals surface area contributed by atoms with Gasteiger partial charge in [-0.15, -0.1) is 0 Å². The first-order valence-corrected chi connectivity index (χ1v) is 10.9. The largest absolute Gasteiger partial charge is 0.337 e. The second-order valence-corrected chi connectivity index (χ2v) is 8.47. The first-order chi connectivity index (χ1) is 15.6. The van der Waals surface area contributed by atoms with Crippen molar-refractivity contribution in [1.82, 2.24) is 14.8 Å². The highest BCUT2D eigenvalue weighted by Gasteiger charge is 2.47. The molecule has 3 atom stereocenters. The smallest absolute Gasteiger partial charge is 0.272 e. The van der Waals surface area contributed by atoms with Gasteiger partial charge in [-0.25, -0.2) is 4.39 Å². The Labute approximate surface area is 186 Å². The van der Waals surface area contributed by atoms with E-state index in [9.17, 15) is 14.0 Å². The average Bonchev–Trinajstić information content (AvgIpc) is 3.23. The molecule has 162 valence electrons. The molecule has 3 aromatic rings. The number of fused-ring (bicyclic) bond motifs is 1. The molecule has 2 fully saturated rings. The average molecular weight is 429 g/mol. The lowest BCUT2D eigenvalue weighted by atomic mass is 9.81. The number of carbonyl (C=O) groups excluding carboxylic acids is 2. The number of rotatable bonds is 3. The van der Waals surface area contributed by atoms with Gasteiger partial charge in [0.25, 0.3) is 11.8 Å². The van der Waals surface area contributed by atoms with E-state index in [2.05, 4.69) is 4.98 Å². The lowest BCUT2D eigenvalue weighted by Crippen LogP contribution is -2.49. The number of hydrogen-bond donors (Lipinski definition) is 0. The summed E-state index contributed by atoms with van der Waals surface area (Å²) < 4.78 is 13.6. The van der Waals surface area contributed by atoms with Crippen LogP contribution in [0.3, 0.4) is 0 Å².